The molecule has 0 fully saturated rings. The molecule has 0 saturated carbocycles. The lowest BCUT2D eigenvalue weighted by molar-refractivity contribution is 0.395. The fourth-order valence-electron chi connectivity index (χ4n) is 1.80. The van der Waals surface area contributed by atoms with Gasteiger partial charge in [-0.1, -0.05) is 22.0 Å². The first kappa shape index (κ1) is 14.7. The molecule has 0 aliphatic carbocycles. The second-order valence-electron chi connectivity index (χ2n) is 4.16. The molecule has 0 aliphatic rings. The van der Waals surface area contributed by atoms with Gasteiger partial charge in [-0.2, -0.15) is 0 Å². The van der Waals surface area contributed by atoms with E-state index >= 15 is 0 Å². The number of methoxy groups -OCH3 is 2. The number of hydrogen-bond acceptors (Lipinski definition) is 3. The van der Waals surface area contributed by atoms with Crippen LogP contribution in [-0.2, 0) is 6.54 Å². The Labute approximate surface area is 125 Å². The molecule has 0 heterocycles. The Kier molecular flexibility index (Phi) is 4.84. The molecule has 0 radical (unpaired) electrons. The molecular formula is C15H15BrFNO2. The van der Waals surface area contributed by atoms with E-state index in [2.05, 4.69) is 21.2 Å². The van der Waals surface area contributed by atoms with Gasteiger partial charge < -0.3 is 14.8 Å². The highest BCUT2D eigenvalue weighted by atomic mass is 79.9. The molecule has 3 nitrogen and oxygen atoms in total. The van der Waals surface area contributed by atoms with E-state index in [1.807, 2.05) is 18.2 Å². The first-order valence-electron chi connectivity index (χ1n) is 6.04. The van der Waals surface area contributed by atoms with E-state index < -0.39 is 0 Å². The van der Waals surface area contributed by atoms with Gasteiger partial charge in [-0.15, -0.1) is 0 Å². The van der Waals surface area contributed by atoms with Crippen LogP contribution in [0.25, 0.3) is 0 Å². The molecule has 2 aromatic carbocycles. The summed E-state index contributed by atoms with van der Waals surface area (Å²) in [7, 11) is 3.18. The minimum absolute atomic E-state index is 0.251. The van der Waals surface area contributed by atoms with E-state index in [4.69, 9.17) is 9.47 Å². The van der Waals surface area contributed by atoms with Gasteiger partial charge >= 0.3 is 0 Å². The Balaban J connectivity index is 2.14. The van der Waals surface area contributed by atoms with Gasteiger partial charge in [0.2, 0.25) is 0 Å². The quantitative estimate of drug-likeness (QED) is 0.884. The lowest BCUT2D eigenvalue weighted by Crippen LogP contribution is -2.03. The van der Waals surface area contributed by atoms with Crippen LogP contribution < -0.4 is 14.8 Å². The number of hydrogen-bond donors (Lipinski definition) is 1. The maximum absolute atomic E-state index is 13.7. The summed E-state index contributed by atoms with van der Waals surface area (Å²) in [4.78, 5) is 0. The monoisotopic (exact) mass is 339 g/mol. The van der Waals surface area contributed by atoms with Crippen LogP contribution in [0.15, 0.2) is 40.9 Å². The smallest absolute Gasteiger partial charge is 0.145 e. The zero-order valence-electron chi connectivity index (χ0n) is 11.2. The zero-order chi connectivity index (χ0) is 14.5. The van der Waals surface area contributed by atoms with Crippen molar-refractivity contribution < 1.29 is 13.9 Å². The van der Waals surface area contributed by atoms with Crippen molar-refractivity contribution in [1.82, 2.24) is 0 Å². The van der Waals surface area contributed by atoms with Gasteiger partial charge in [0.15, 0.2) is 0 Å². The lowest BCUT2D eigenvalue weighted by atomic mass is 10.2. The molecule has 0 unspecified atom stereocenters. The number of rotatable bonds is 5. The molecule has 5 heteroatoms. The van der Waals surface area contributed by atoms with Crippen LogP contribution in [-0.4, -0.2) is 14.2 Å². The van der Waals surface area contributed by atoms with Gasteiger partial charge in [-0.25, -0.2) is 4.39 Å². The average molecular weight is 340 g/mol. The van der Waals surface area contributed by atoms with E-state index in [0.29, 0.717) is 23.6 Å². The molecule has 1 N–H and O–H groups in total. The van der Waals surface area contributed by atoms with Crippen molar-refractivity contribution >= 4 is 21.6 Å². The second kappa shape index (κ2) is 6.61. The summed E-state index contributed by atoms with van der Waals surface area (Å²) in [5, 5.41) is 3.16. The Bertz CT molecular complexity index is 604. The van der Waals surface area contributed by atoms with Gasteiger partial charge in [-0.05, 0) is 24.3 Å². The summed E-state index contributed by atoms with van der Waals surface area (Å²) < 4.78 is 24.9. The third kappa shape index (κ3) is 3.42. The largest absolute Gasteiger partial charge is 0.497 e. The Morgan fingerprint density at radius 2 is 1.90 bits per heavy atom. The number of anilines is 1. The molecule has 20 heavy (non-hydrogen) atoms. The average Bonchev–Trinajstić information content (AvgIpc) is 2.46. The summed E-state index contributed by atoms with van der Waals surface area (Å²) >= 11 is 3.24. The van der Waals surface area contributed by atoms with E-state index in [1.165, 1.54) is 6.07 Å². The van der Waals surface area contributed by atoms with Crippen molar-refractivity contribution in [1.29, 1.82) is 0 Å². The standard InChI is InChI=1S/C15H15BrFNO2/c1-19-12-5-6-14(15(8-12)20-2)18-9-10-3-4-11(16)7-13(10)17/h3-8,18H,9H2,1-2H3. The summed E-state index contributed by atoms with van der Waals surface area (Å²) in [5.74, 6) is 1.11. The van der Waals surface area contributed by atoms with Crippen molar-refractivity contribution in [2.24, 2.45) is 0 Å². The molecular weight excluding hydrogens is 325 g/mol. The SMILES string of the molecule is COc1ccc(NCc2ccc(Br)cc2F)c(OC)c1. The number of nitrogens with one attached hydrogen (secondary N) is 1. The fourth-order valence-corrected chi connectivity index (χ4v) is 2.13. The van der Waals surface area contributed by atoms with Gasteiger partial charge in [0, 0.05) is 22.6 Å². The van der Waals surface area contributed by atoms with Crippen LogP contribution in [0.4, 0.5) is 10.1 Å². The Morgan fingerprint density at radius 3 is 2.55 bits per heavy atom. The lowest BCUT2D eigenvalue weighted by Gasteiger charge is -2.13. The van der Waals surface area contributed by atoms with Crippen molar-refractivity contribution in [2.75, 3.05) is 19.5 Å². The Morgan fingerprint density at radius 1 is 1.10 bits per heavy atom. The van der Waals surface area contributed by atoms with Crippen LogP contribution in [0.5, 0.6) is 11.5 Å². The summed E-state index contributed by atoms with van der Waals surface area (Å²) in [5.41, 5.74) is 1.38. The zero-order valence-corrected chi connectivity index (χ0v) is 12.8. The molecule has 0 atom stereocenters. The highest BCUT2D eigenvalue weighted by Gasteiger charge is 2.07. The highest BCUT2D eigenvalue weighted by Crippen LogP contribution is 2.29. The number of halogens is 2. The van der Waals surface area contributed by atoms with E-state index in [9.17, 15) is 4.39 Å². The maximum atomic E-state index is 13.7. The minimum Gasteiger partial charge on any atom is -0.497 e. The summed E-state index contributed by atoms with van der Waals surface area (Å²) in [6.45, 7) is 0.377. The van der Waals surface area contributed by atoms with Crippen LogP contribution in [0.1, 0.15) is 5.56 Å². The third-order valence-corrected chi connectivity index (χ3v) is 3.39. The molecule has 0 aromatic heterocycles. The van der Waals surface area contributed by atoms with Crippen molar-refractivity contribution in [3.63, 3.8) is 0 Å². The second-order valence-corrected chi connectivity index (χ2v) is 5.07. The number of ether oxygens (including phenoxy) is 2. The van der Waals surface area contributed by atoms with E-state index in [0.717, 1.165) is 10.2 Å². The van der Waals surface area contributed by atoms with E-state index in [-0.39, 0.29) is 5.82 Å². The van der Waals surface area contributed by atoms with Crippen LogP contribution in [0.2, 0.25) is 0 Å². The van der Waals surface area contributed by atoms with Crippen molar-refractivity contribution in [3.8, 4) is 11.5 Å². The van der Waals surface area contributed by atoms with Gasteiger partial charge in [0.25, 0.3) is 0 Å². The molecule has 0 amide bonds. The number of benzene rings is 2. The molecule has 0 bridgehead atoms. The molecule has 0 spiro atoms. The predicted molar refractivity (Wildman–Crippen MR) is 81.0 cm³/mol. The van der Waals surface area contributed by atoms with Crippen molar-refractivity contribution in [3.05, 3.63) is 52.3 Å². The fraction of sp³-hybridized carbons (Fsp3) is 0.200. The maximum Gasteiger partial charge on any atom is 0.145 e. The predicted octanol–water partition coefficient (Wildman–Crippen LogP) is 4.22. The summed E-state index contributed by atoms with van der Waals surface area (Å²) in [6, 6.07) is 10.4. The third-order valence-electron chi connectivity index (χ3n) is 2.89. The molecule has 106 valence electrons. The van der Waals surface area contributed by atoms with Crippen LogP contribution in [0.3, 0.4) is 0 Å². The van der Waals surface area contributed by atoms with Crippen molar-refractivity contribution in [2.45, 2.75) is 6.54 Å². The van der Waals surface area contributed by atoms with Gasteiger partial charge in [0.05, 0.1) is 19.9 Å². The summed E-state index contributed by atoms with van der Waals surface area (Å²) in [6.07, 6.45) is 0. The van der Waals surface area contributed by atoms with E-state index in [1.54, 1.807) is 26.4 Å². The highest BCUT2D eigenvalue weighted by molar-refractivity contribution is 9.10. The van der Waals surface area contributed by atoms with Crippen LogP contribution >= 0.6 is 15.9 Å². The van der Waals surface area contributed by atoms with Gasteiger partial charge in [0.1, 0.15) is 17.3 Å². The molecule has 0 aliphatic heterocycles. The van der Waals surface area contributed by atoms with Gasteiger partial charge in [-0.3, -0.25) is 0 Å². The topological polar surface area (TPSA) is 30.5 Å². The first-order chi connectivity index (χ1) is 9.63. The first-order valence-corrected chi connectivity index (χ1v) is 6.83. The van der Waals surface area contributed by atoms with Crippen LogP contribution in [0, 0.1) is 5.82 Å². The normalized spacial score (nSPS) is 10.2. The molecule has 0 saturated heterocycles. The minimum atomic E-state index is -0.251. The Hall–Kier alpha value is -1.75. The molecule has 2 rings (SSSR count). The molecule has 2 aromatic rings.